The van der Waals surface area contributed by atoms with Crippen molar-refractivity contribution in [3.63, 3.8) is 0 Å². The van der Waals surface area contributed by atoms with Gasteiger partial charge in [-0.15, -0.1) is 5.10 Å². The van der Waals surface area contributed by atoms with E-state index in [2.05, 4.69) is 34.1 Å². The number of nitrogens with zero attached hydrogens (tertiary/aromatic N) is 4. The van der Waals surface area contributed by atoms with Gasteiger partial charge in [0.05, 0.1) is 6.20 Å². The number of fused-ring (bicyclic) bond motifs is 1. The van der Waals surface area contributed by atoms with Gasteiger partial charge in [0.15, 0.2) is 5.65 Å². The van der Waals surface area contributed by atoms with E-state index in [-0.39, 0.29) is 5.82 Å². The molecule has 6 heteroatoms. The number of rotatable bonds is 3. The van der Waals surface area contributed by atoms with E-state index >= 15 is 0 Å². The first kappa shape index (κ1) is 13.3. The predicted molar refractivity (Wildman–Crippen MR) is 76.5 cm³/mol. The Morgan fingerprint density at radius 1 is 1.35 bits per heavy atom. The minimum absolute atomic E-state index is 0.298. The van der Waals surface area contributed by atoms with Crippen LogP contribution >= 0.6 is 0 Å². The third kappa shape index (κ3) is 2.35. The third-order valence-corrected chi connectivity index (χ3v) is 4.00. The van der Waals surface area contributed by atoms with E-state index < -0.39 is 0 Å². The quantitative estimate of drug-likeness (QED) is 0.930. The molecule has 2 aromatic heterocycles. The lowest BCUT2D eigenvalue weighted by molar-refractivity contribution is 0.374. The number of pyridine rings is 1. The molecule has 108 valence electrons. The van der Waals surface area contributed by atoms with Gasteiger partial charge in [0.2, 0.25) is 5.95 Å². The largest absolute Gasteiger partial charge is 0.334 e. The maximum atomic E-state index is 13.2. The number of hydrogen-bond donors (Lipinski definition) is 1. The molecule has 2 aromatic rings. The van der Waals surface area contributed by atoms with Crippen molar-refractivity contribution in [1.29, 1.82) is 0 Å². The highest BCUT2D eigenvalue weighted by atomic mass is 19.1. The molecule has 3 heterocycles. The molecule has 1 aliphatic rings. The van der Waals surface area contributed by atoms with Crippen LogP contribution < -0.4 is 10.2 Å². The van der Waals surface area contributed by atoms with Gasteiger partial charge < -0.3 is 10.2 Å². The summed E-state index contributed by atoms with van der Waals surface area (Å²) in [6.07, 6.45) is 3.48. The number of anilines is 1. The highest BCUT2D eigenvalue weighted by Crippen LogP contribution is 2.19. The minimum atomic E-state index is -0.298. The lowest BCUT2D eigenvalue weighted by Gasteiger charge is -2.39. The first-order valence-corrected chi connectivity index (χ1v) is 7.23. The van der Waals surface area contributed by atoms with Crippen molar-refractivity contribution in [2.24, 2.45) is 0 Å². The smallest absolute Gasteiger partial charge is 0.246 e. The second-order valence-corrected chi connectivity index (χ2v) is 5.29. The first-order valence-electron chi connectivity index (χ1n) is 7.23. The molecule has 1 saturated heterocycles. The Hall–Kier alpha value is -1.69. The van der Waals surface area contributed by atoms with Gasteiger partial charge in [-0.3, -0.25) is 0 Å². The zero-order valence-corrected chi connectivity index (χ0v) is 11.9. The first-order chi connectivity index (χ1) is 9.71. The zero-order valence-electron chi connectivity index (χ0n) is 11.9. The van der Waals surface area contributed by atoms with Crippen molar-refractivity contribution in [3.05, 3.63) is 24.1 Å². The molecular formula is C14H20FN5. The summed E-state index contributed by atoms with van der Waals surface area (Å²) in [7, 11) is 0. The molecule has 0 aromatic carbocycles. The summed E-state index contributed by atoms with van der Waals surface area (Å²) >= 11 is 0. The number of hydrogen-bond acceptors (Lipinski definition) is 4. The van der Waals surface area contributed by atoms with Crippen molar-refractivity contribution in [3.8, 4) is 0 Å². The van der Waals surface area contributed by atoms with Gasteiger partial charge in [0.25, 0.3) is 0 Å². The van der Waals surface area contributed by atoms with Crippen molar-refractivity contribution in [2.45, 2.75) is 38.8 Å². The zero-order chi connectivity index (χ0) is 14.1. The topological polar surface area (TPSA) is 45.5 Å². The molecule has 20 heavy (non-hydrogen) atoms. The summed E-state index contributed by atoms with van der Waals surface area (Å²) in [6.45, 7) is 6.18. The molecule has 0 bridgehead atoms. The molecule has 0 aliphatic carbocycles. The fourth-order valence-corrected chi connectivity index (χ4v) is 2.71. The van der Waals surface area contributed by atoms with Gasteiger partial charge in [0, 0.05) is 25.2 Å². The van der Waals surface area contributed by atoms with Crippen LogP contribution in [0, 0.1) is 5.82 Å². The average molecular weight is 277 g/mol. The van der Waals surface area contributed by atoms with Crippen LogP contribution in [0.4, 0.5) is 10.3 Å². The lowest BCUT2D eigenvalue weighted by atomic mass is 10.1. The van der Waals surface area contributed by atoms with E-state index in [1.54, 1.807) is 6.07 Å². The molecule has 2 atom stereocenters. The highest BCUT2D eigenvalue weighted by Gasteiger charge is 2.28. The Labute approximate surface area is 117 Å². The normalized spacial score (nSPS) is 23.4. The summed E-state index contributed by atoms with van der Waals surface area (Å²) in [5, 5.41) is 7.98. The highest BCUT2D eigenvalue weighted by molar-refractivity contribution is 5.45. The van der Waals surface area contributed by atoms with Crippen molar-refractivity contribution in [2.75, 3.05) is 18.0 Å². The third-order valence-electron chi connectivity index (χ3n) is 4.00. The van der Waals surface area contributed by atoms with Gasteiger partial charge in [-0.2, -0.15) is 4.98 Å². The van der Waals surface area contributed by atoms with E-state index in [1.807, 2.05) is 0 Å². The Kier molecular flexibility index (Phi) is 3.56. The summed E-state index contributed by atoms with van der Waals surface area (Å²) in [4.78, 5) is 6.77. The summed E-state index contributed by atoms with van der Waals surface area (Å²) in [6, 6.07) is 3.92. The minimum Gasteiger partial charge on any atom is -0.334 e. The molecule has 2 unspecified atom stereocenters. The van der Waals surface area contributed by atoms with E-state index in [4.69, 9.17) is 0 Å². The van der Waals surface area contributed by atoms with Crippen molar-refractivity contribution < 1.29 is 4.39 Å². The Morgan fingerprint density at radius 2 is 2.20 bits per heavy atom. The summed E-state index contributed by atoms with van der Waals surface area (Å²) < 4.78 is 14.7. The second kappa shape index (κ2) is 5.36. The molecule has 0 spiro atoms. The van der Waals surface area contributed by atoms with E-state index in [9.17, 15) is 4.39 Å². The maximum Gasteiger partial charge on any atom is 0.246 e. The second-order valence-electron chi connectivity index (χ2n) is 5.29. The number of nitrogens with one attached hydrogen (secondary N) is 1. The van der Waals surface area contributed by atoms with E-state index in [0.717, 1.165) is 25.9 Å². The lowest BCUT2D eigenvalue weighted by Crippen LogP contribution is -2.56. The number of aromatic nitrogens is 3. The molecule has 5 nitrogen and oxygen atoms in total. The molecule has 1 aliphatic heterocycles. The van der Waals surface area contributed by atoms with Crippen LogP contribution in [0.15, 0.2) is 18.3 Å². The van der Waals surface area contributed by atoms with Crippen LogP contribution in [0.1, 0.15) is 26.7 Å². The van der Waals surface area contributed by atoms with Crippen LogP contribution in [-0.4, -0.2) is 39.8 Å². The van der Waals surface area contributed by atoms with Crippen LogP contribution in [-0.2, 0) is 0 Å². The predicted octanol–water partition coefficient (Wildman–Crippen LogP) is 1.84. The van der Waals surface area contributed by atoms with Gasteiger partial charge >= 0.3 is 0 Å². The van der Waals surface area contributed by atoms with Crippen LogP contribution in [0.25, 0.3) is 5.65 Å². The summed E-state index contributed by atoms with van der Waals surface area (Å²) in [5.41, 5.74) is 0.683. The molecule has 1 N–H and O–H groups in total. The summed E-state index contributed by atoms with van der Waals surface area (Å²) in [5.74, 6) is 0.398. The molecule has 1 fully saturated rings. The van der Waals surface area contributed by atoms with E-state index in [1.165, 1.54) is 16.8 Å². The van der Waals surface area contributed by atoms with Gasteiger partial charge in [-0.1, -0.05) is 13.8 Å². The molecule has 0 radical (unpaired) electrons. The SMILES string of the molecule is CCC1CN(c2nc3ccc(F)cn3n2)C(CC)CN1. The van der Waals surface area contributed by atoms with Crippen molar-refractivity contribution in [1.82, 2.24) is 19.9 Å². The van der Waals surface area contributed by atoms with E-state index in [0.29, 0.717) is 23.7 Å². The molecular weight excluding hydrogens is 257 g/mol. The van der Waals surface area contributed by atoms with Crippen molar-refractivity contribution >= 4 is 11.6 Å². The maximum absolute atomic E-state index is 13.2. The molecule has 0 amide bonds. The fourth-order valence-electron chi connectivity index (χ4n) is 2.71. The van der Waals surface area contributed by atoms with Crippen LogP contribution in [0.3, 0.4) is 0 Å². The Balaban J connectivity index is 1.94. The monoisotopic (exact) mass is 277 g/mol. The Morgan fingerprint density at radius 3 is 2.95 bits per heavy atom. The number of piperazine rings is 1. The van der Waals surface area contributed by atoms with Crippen LogP contribution in [0.5, 0.6) is 0 Å². The van der Waals surface area contributed by atoms with Gasteiger partial charge in [0.1, 0.15) is 5.82 Å². The average Bonchev–Trinajstić information content (AvgIpc) is 2.89. The van der Waals surface area contributed by atoms with Gasteiger partial charge in [-0.25, -0.2) is 8.91 Å². The Bertz CT molecular complexity index is 596. The molecule has 3 rings (SSSR count). The van der Waals surface area contributed by atoms with Crippen LogP contribution in [0.2, 0.25) is 0 Å². The van der Waals surface area contributed by atoms with Gasteiger partial charge in [-0.05, 0) is 25.0 Å². The molecule has 0 saturated carbocycles. The number of halogens is 1. The standard InChI is InChI=1S/C14H20FN5/c1-3-11-9-19(12(4-2)7-16-11)14-17-13-6-5-10(15)8-20(13)18-14/h5-6,8,11-12,16H,3-4,7,9H2,1-2H3. The fraction of sp³-hybridized carbons (Fsp3) is 0.571.